The van der Waals surface area contributed by atoms with Gasteiger partial charge in [0.05, 0.1) is 11.4 Å². The summed E-state index contributed by atoms with van der Waals surface area (Å²) in [6.45, 7) is 5.96. The van der Waals surface area contributed by atoms with Gasteiger partial charge >= 0.3 is 6.08 Å². The number of rotatable bonds is 7. The first-order chi connectivity index (χ1) is 9.86. The summed E-state index contributed by atoms with van der Waals surface area (Å²) in [4.78, 5) is 10.1. The predicted octanol–water partition coefficient (Wildman–Crippen LogP) is 4.78. The topological polar surface area (TPSA) is 34.0 Å². The monoisotopic (exact) mass is 322 g/mol. The van der Waals surface area contributed by atoms with Crippen LogP contribution in [0.3, 0.4) is 0 Å². The van der Waals surface area contributed by atoms with Crippen LogP contribution in [0.2, 0.25) is 0 Å². The van der Waals surface area contributed by atoms with Crippen molar-refractivity contribution < 1.29 is 18.0 Å². The van der Waals surface area contributed by atoms with Crippen molar-refractivity contribution in [2.45, 2.75) is 33.6 Å². The Bertz CT molecular complexity index is 494. The summed E-state index contributed by atoms with van der Waals surface area (Å²) in [7, 11) is 0.550. The van der Waals surface area contributed by atoms with Gasteiger partial charge in [0.15, 0.2) is 5.83 Å². The van der Waals surface area contributed by atoms with Crippen molar-refractivity contribution in [2.24, 2.45) is 16.1 Å². The summed E-state index contributed by atoms with van der Waals surface area (Å²) >= 11 is 0. The van der Waals surface area contributed by atoms with Gasteiger partial charge in [-0.2, -0.15) is 19.7 Å². The smallest absolute Gasteiger partial charge is 0.301 e. The number of allylic oxidation sites excluding steroid dienone is 3. The third-order valence-corrected chi connectivity index (χ3v) is 5.13. The second-order valence-corrected chi connectivity index (χ2v) is 7.17. The summed E-state index contributed by atoms with van der Waals surface area (Å²) in [5.74, 6) is -0.671. The molecule has 1 atom stereocenters. The van der Waals surface area contributed by atoms with Crippen molar-refractivity contribution >= 4 is 22.2 Å². The third-order valence-electron chi connectivity index (χ3n) is 2.87. The van der Waals surface area contributed by atoms with E-state index in [4.69, 9.17) is 4.84 Å². The van der Waals surface area contributed by atoms with E-state index in [0.717, 1.165) is 16.3 Å². The molecule has 0 fully saturated rings. The standard InChI is InChI=1S/C14H21F3N2OS/c1-9(2)7-12(19-20-4)13-10(3)18-8-21(13)6-5-11(15)14(16)17/h8-9,21H,5-7H2,1-4H3. The van der Waals surface area contributed by atoms with Gasteiger partial charge in [-0.1, -0.05) is 19.0 Å². The van der Waals surface area contributed by atoms with Crippen LogP contribution in [0.1, 0.15) is 33.6 Å². The fraction of sp³-hybridized carbons (Fsp3) is 0.571. The average Bonchev–Trinajstić information content (AvgIpc) is 2.76. The predicted molar refractivity (Wildman–Crippen MR) is 83.9 cm³/mol. The Labute approximate surface area is 126 Å². The minimum Gasteiger partial charge on any atom is -0.399 e. The quantitative estimate of drug-likeness (QED) is 0.408. The molecule has 1 aliphatic rings. The second-order valence-electron chi connectivity index (χ2n) is 5.11. The van der Waals surface area contributed by atoms with Crippen molar-refractivity contribution in [3.8, 4) is 0 Å². The van der Waals surface area contributed by atoms with Crippen molar-refractivity contribution in [3.63, 3.8) is 0 Å². The molecule has 0 aliphatic carbocycles. The maximum Gasteiger partial charge on any atom is 0.301 e. The first-order valence-electron chi connectivity index (χ1n) is 6.68. The highest BCUT2D eigenvalue weighted by atomic mass is 32.2. The molecule has 0 radical (unpaired) electrons. The van der Waals surface area contributed by atoms with Crippen LogP contribution in [0.4, 0.5) is 13.2 Å². The maximum absolute atomic E-state index is 13.0. The highest BCUT2D eigenvalue weighted by molar-refractivity contribution is 8.32. The van der Waals surface area contributed by atoms with Crippen LogP contribution in [-0.2, 0) is 4.84 Å². The Balaban J connectivity index is 2.89. The fourth-order valence-corrected chi connectivity index (χ4v) is 4.16. The highest BCUT2D eigenvalue weighted by Crippen LogP contribution is 2.43. The average molecular weight is 322 g/mol. The summed E-state index contributed by atoms with van der Waals surface area (Å²) in [6, 6.07) is 0. The van der Waals surface area contributed by atoms with Gasteiger partial charge in [-0.15, -0.1) is 0 Å². The first-order valence-corrected chi connectivity index (χ1v) is 8.28. The third kappa shape index (κ3) is 5.22. The van der Waals surface area contributed by atoms with E-state index in [1.807, 2.05) is 6.92 Å². The van der Waals surface area contributed by atoms with E-state index in [0.29, 0.717) is 18.1 Å². The molecule has 0 saturated carbocycles. The van der Waals surface area contributed by atoms with E-state index in [9.17, 15) is 13.2 Å². The summed E-state index contributed by atoms with van der Waals surface area (Å²) in [5, 5.41) is 4.05. The van der Waals surface area contributed by atoms with Crippen LogP contribution in [0, 0.1) is 5.92 Å². The fourth-order valence-electron chi connectivity index (χ4n) is 2.01. The van der Waals surface area contributed by atoms with Crippen LogP contribution in [0.25, 0.3) is 0 Å². The molecule has 0 aromatic rings. The molecule has 0 aromatic carbocycles. The van der Waals surface area contributed by atoms with E-state index in [2.05, 4.69) is 24.0 Å². The lowest BCUT2D eigenvalue weighted by Gasteiger charge is -2.19. The molecule has 0 saturated heterocycles. The molecule has 3 nitrogen and oxygen atoms in total. The van der Waals surface area contributed by atoms with E-state index in [1.165, 1.54) is 7.11 Å². The van der Waals surface area contributed by atoms with Gasteiger partial charge in [0.2, 0.25) is 0 Å². The number of oxime groups is 1. The molecule has 1 rings (SSSR count). The van der Waals surface area contributed by atoms with Crippen molar-refractivity contribution in [1.29, 1.82) is 0 Å². The van der Waals surface area contributed by atoms with E-state index >= 15 is 0 Å². The Kier molecular flexibility index (Phi) is 7.01. The number of aliphatic imine (C=N–C) groups is 1. The summed E-state index contributed by atoms with van der Waals surface area (Å²) in [6.07, 6.45) is -1.81. The molecular weight excluding hydrogens is 301 g/mol. The Hall–Kier alpha value is -1.24. The first kappa shape index (κ1) is 17.8. The Morgan fingerprint density at radius 2 is 2.05 bits per heavy atom. The van der Waals surface area contributed by atoms with Gasteiger partial charge in [0.25, 0.3) is 0 Å². The lowest BCUT2D eigenvalue weighted by molar-refractivity contribution is 0.212. The van der Waals surface area contributed by atoms with Crippen LogP contribution in [-0.4, -0.2) is 24.1 Å². The normalized spacial score (nSPS) is 20.4. The number of halogens is 3. The molecule has 1 aliphatic heterocycles. The van der Waals surface area contributed by atoms with Gasteiger partial charge in [-0.05, 0) is 25.0 Å². The molecule has 0 aromatic heterocycles. The molecule has 120 valence electrons. The van der Waals surface area contributed by atoms with Gasteiger partial charge in [-0.25, -0.2) is 4.39 Å². The Morgan fingerprint density at radius 1 is 1.38 bits per heavy atom. The van der Waals surface area contributed by atoms with Gasteiger partial charge in [0.1, 0.15) is 7.11 Å². The lowest BCUT2D eigenvalue weighted by atomic mass is 10.1. The summed E-state index contributed by atoms with van der Waals surface area (Å²) < 4.78 is 37.3. The number of nitrogens with zero attached hydrogens (tertiary/aromatic N) is 2. The molecule has 0 bridgehead atoms. The zero-order valence-corrected chi connectivity index (χ0v) is 13.6. The number of hydrogen-bond acceptors (Lipinski definition) is 3. The molecule has 0 spiro atoms. The van der Waals surface area contributed by atoms with E-state index in [1.54, 1.807) is 5.55 Å². The van der Waals surface area contributed by atoms with Crippen molar-refractivity contribution in [3.05, 3.63) is 22.5 Å². The van der Waals surface area contributed by atoms with Gasteiger partial charge in [-0.3, -0.25) is 4.99 Å². The zero-order chi connectivity index (χ0) is 16.0. The largest absolute Gasteiger partial charge is 0.399 e. The maximum atomic E-state index is 13.0. The van der Waals surface area contributed by atoms with Crippen molar-refractivity contribution in [1.82, 2.24) is 0 Å². The van der Waals surface area contributed by atoms with Crippen LogP contribution < -0.4 is 0 Å². The lowest BCUT2D eigenvalue weighted by Crippen LogP contribution is -2.10. The molecule has 1 heterocycles. The molecule has 1 unspecified atom stereocenters. The second kappa shape index (κ2) is 8.26. The highest BCUT2D eigenvalue weighted by Gasteiger charge is 2.23. The van der Waals surface area contributed by atoms with Gasteiger partial charge in [0, 0.05) is 16.9 Å². The minimum absolute atomic E-state index is 0.279. The van der Waals surface area contributed by atoms with Crippen LogP contribution in [0.15, 0.2) is 32.7 Å². The van der Waals surface area contributed by atoms with Crippen molar-refractivity contribution in [2.75, 3.05) is 12.9 Å². The number of thiol groups is 1. The van der Waals surface area contributed by atoms with Gasteiger partial charge < -0.3 is 4.84 Å². The summed E-state index contributed by atoms with van der Waals surface area (Å²) in [5.41, 5.74) is 3.32. The molecule has 0 N–H and O–H groups in total. The van der Waals surface area contributed by atoms with Crippen LogP contribution >= 0.6 is 10.9 Å². The van der Waals surface area contributed by atoms with E-state index < -0.39 is 22.8 Å². The number of hydrogen-bond donors (Lipinski definition) is 1. The Morgan fingerprint density at radius 3 is 2.57 bits per heavy atom. The molecule has 21 heavy (non-hydrogen) atoms. The SMILES string of the molecule is CON=C(CC(C)C)C1=C(C)N=C[SH]1CCC(F)=C(F)F. The minimum atomic E-state index is -2.24. The zero-order valence-electron chi connectivity index (χ0n) is 12.7. The molecule has 7 heteroatoms. The van der Waals surface area contributed by atoms with Crippen LogP contribution in [0.5, 0.6) is 0 Å². The van der Waals surface area contributed by atoms with E-state index in [-0.39, 0.29) is 6.42 Å². The molecule has 0 amide bonds. The molecular formula is C14H21F3N2OS.